The van der Waals surface area contributed by atoms with Gasteiger partial charge in [0.25, 0.3) is 0 Å². The molecule has 0 bridgehead atoms. The normalized spacial score (nSPS) is 15.9. The molecular formula is C10H10BrClN2. The van der Waals surface area contributed by atoms with Crippen molar-refractivity contribution in [3.63, 3.8) is 0 Å². The van der Waals surface area contributed by atoms with Crippen molar-refractivity contribution in [2.75, 3.05) is 18.0 Å². The molecule has 1 aromatic carbocycles. The molecule has 14 heavy (non-hydrogen) atoms. The molecule has 1 aromatic rings. The fraction of sp³-hybridized carbons (Fsp3) is 0.300. The van der Waals surface area contributed by atoms with Crippen molar-refractivity contribution in [2.45, 2.75) is 6.92 Å². The maximum atomic E-state index is 6.15. The molecule has 0 unspecified atom stereocenters. The van der Waals surface area contributed by atoms with Crippen LogP contribution in [0.2, 0.25) is 5.02 Å². The van der Waals surface area contributed by atoms with Gasteiger partial charge in [-0.2, -0.15) is 0 Å². The summed E-state index contributed by atoms with van der Waals surface area (Å²) in [6, 6.07) is 5.91. The molecule has 0 spiro atoms. The van der Waals surface area contributed by atoms with Gasteiger partial charge in [-0.05, 0) is 25.1 Å². The molecule has 0 atom stereocenters. The highest BCUT2D eigenvalue weighted by Gasteiger charge is 2.16. The lowest BCUT2D eigenvalue weighted by molar-refractivity contribution is 1.02. The zero-order valence-corrected chi connectivity index (χ0v) is 10.1. The average Bonchev–Trinajstić information content (AvgIpc) is 2.52. The summed E-state index contributed by atoms with van der Waals surface area (Å²) in [5, 5.41) is 0.760. The highest BCUT2D eigenvalue weighted by Crippen LogP contribution is 2.30. The molecule has 1 aliphatic heterocycles. The van der Waals surface area contributed by atoms with E-state index in [9.17, 15) is 0 Å². The van der Waals surface area contributed by atoms with E-state index in [1.165, 1.54) is 0 Å². The van der Waals surface area contributed by atoms with Crippen LogP contribution in [-0.2, 0) is 0 Å². The smallest absolute Gasteiger partial charge is 0.100 e. The van der Waals surface area contributed by atoms with Gasteiger partial charge in [-0.1, -0.05) is 27.5 Å². The van der Waals surface area contributed by atoms with Gasteiger partial charge in [-0.3, -0.25) is 4.99 Å². The van der Waals surface area contributed by atoms with Crippen molar-refractivity contribution in [3.8, 4) is 0 Å². The van der Waals surface area contributed by atoms with Gasteiger partial charge >= 0.3 is 0 Å². The summed E-state index contributed by atoms with van der Waals surface area (Å²) in [6.45, 7) is 3.79. The maximum Gasteiger partial charge on any atom is 0.100 e. The van der Waals surface area contributed by atoms with Gasteiger partial charge in [-0.25, -0.2) is 0 Å². The molecule has 0 radical (unpaired) electrons. The Bertz CT molecular complexity index is 390. The van der Waals surface area contributed by atoms with E-state index in [4.69, 9.17) is 11.6 Å². The van der Waals surface area contributed by atoms with E-state index in [1.807, 2.05) is 25.1 Å². The minimum atomic E-state index is 0.760. The van der Waals surface area contributed by atoms with E-state index in [1.54, 1.807) is 0 Å². The third-order valence-electron chi connectivity index (χ3n) is 2.26. The fourth-order valence-corrected chi connectivity index (χ4v) is 2.33. The highest BCUT2D eigenvalue weighted by atomic mass is 79.9. The molecule has 4 heteroatoms. The number of anilines is 1. The minimum absolute atomic E-state index is 0.760. The third kappa shape index (κ3) is 1.79. The van der Waals surface area contributed by atoms with Gasteiger partial charge in [-0.15, -0.1) is 0 Å². The second-order valence-corrected chi connectivity index (χ2v) is 4.50. The molecule has 0 aliphatic carbocycles. The molecule has 0 aromatic heterocycles. The van der Waals surface area contributed by atoms with Crippen LogP contribution in [0.3, 0.4) is 0 Å². The molecular weight excluding hydrogens is 263 g/mol. The van der Waals surface area contributed by atoms with E-state index < -0.39 is 0 Å². The standard InChI is InChI=1S/C10H10BrClN2/c1-7-13-4-5-14(7)10-3-2-8(11)6-9(10)12/h2-3,6H,4-5H2,1H3. The SMILES string of the molecule is CC1=NCCN1c1ccc(Br)cc1Cl. The summed E-state index contributed by atoms with van der Waals surface area (Å²) < 4.78 is 1.00. The van der Waals surface area contributed by atoms with Gasteiger partial charge in [0.05, 0.1) is 17.3 Å². The van der Waals surface area contributed by atoms with Gasteiger partial charge < -0.3 is 4.90 Å². The number of halogens is 2. The van der Waals surface area contributed by atoms with Gasteiger partial charge in [0.2, 0.25) is 0 Å². The van der Waals surface area contributed by atoms with Crippen molar-refractivity contribution in [1.82, 2.24) is 0 Å². The van der Waals surface area contributed by atoms with E-state index in [2.05, 4.69) is 25.8 Å². The van der Waals surface area contributed by atoms with Crippen LogP contribution >= 0.6 is 27.5 Å². The monoisotopic (exact) mass is 272 g/mol. The van der Waals surface area contributed by atoms with Crippen LogP contribution in [-0.4, -0.2) is 18.9 Å². The molecule has 0 saturated heterocycles. The van der Waals surface area contributed by atoms with Crippen LogP contribution < -0.4 is 4.90 Å². The lowest BCUT2D eigenvalue weighted by Gasteiger charge is -2.19. The second-order valence-electron chi connectivity index (χ2n) is 3.18. The zero-order chi connectivity index (χ0) is 10.1. The van der Waals surface area contributed by atoms with Crippen LogP contribution in [0.4, 0.5) is 5.69 Å². The average molecular weight is 274 g/mol. The first-order valence-electron chi connectivity index (χ1n) is 4.42. The number of benzene rings is 1. The first-order valence-corrected chi connectivity index (χ1v) is 5.59. The maximum absolute atomic E-state index is 6.15. The third-order valence-corrected chi connectivity index (χ3v) is 3.05. The largest absolute Gasteiger partial charge is 0.327 e. The van der Waals surface area contributed by atoms with E-state index in [-0.39, 0.29) is 0 Å². The fourth-order valence-electron chi connectivity index (χ4n) is 1.55. The molecule has 1 heterocycles. The molecule has 0 N–H and O–H groups in total. The number of rotatable bonds is 1. The molecule has 0 saturated carbocycles. The number of hydrogen-bond donors (Lipinski definition) is 0. The first kappa shape index (κ1) is 9.99. The van der Waals surface area contributed by atoms with Gasteiger partial charge in [0.15, 0.2) is 0 Å². The van der Waals surface area contributed by atoms with E-state index >= 15 is 0 Å². The summed E-state index contributed by atoms with van der Waals surface area (Å²) in [5.74, 6) is 1.04. The summed E-state index contributed by atoms with van der Waals surface area (Å²) in [4.78, 5) is 6.46. The summed E-state index contributed by atoms with van der Waals surface area (Å²) in [5.41, 5.74) is 1.04. The summed E-state index contributed by atoms with van der Waals surface area (Å²) in [7, 11) is 0. The Kier molecular flexibility index (Phi) is 2.79. The summed E-state index contributed by atoms with van der Waals surface area (Å²) in [6.07, 6.45) is 0. The minimum Gasteiger partial charge on any atom is -0.327 e. The predicted molar refractivity (Wildman–Crippen MR) is 64.5 cm³/mol. The Balaban J connectivity index is 2.37. The Hall–Kier alpha value is -0.540. The quantitative estimate of drug-likeness (QED) is 0.766. The number of hydrogen-bond acceptors (Lipinski definition) is 2. The van der Waals surface area contributed by atoms with Crippen molar-refractivity contribution >= 4 is 39.1 Å². The molecule has 0 fully saturated rings. The molecule has 74 valence electrons. The number of amidine groups is 1. The van der Waals surface area contributed by atoms with Gasteiger partial charge in [0, 0.05) is 11.0 Å². The van der Waals surface area contributed by atoms with Gasteiger partial charge in [0.1, 0.15) is 5.84 Å². The van der Waals surface area contributed by atoms with Crippen molar-refractivity contribution in [2.24, 2.45) is 4.99 Å². The summed E-state index contributed by atoms with van der Waals surface area (Å²) >= 11 is 9.53. The first-order chi connectivity index (χ1) is 6.68. The van der Waals surface area contributed by atoms with Crippen LogP contribution in [0.1, 0.15) is 6.92 Å². The van der Waals surface area contributed by atoms with Crippen molar-refractivity contribution in [1.29, 1.82) is 0 Å². The number of aliphatic imine (C=N–C) groups is 1. The molecule has 2 rings (SSSR count). The Labute approximate surface area is 96.7 Å². The Morgan fingerprint density at radius 2 is 2.29 bits per heavy atom. The molecule has 0 amide bonds. The number of nitrogens with zero attached hydrogens (tertiary/aromatic N) is 2. The van der Waals surface area contributed by atoms with Crippen LogP contribution in [0.15, 0.2) is 27.7 Å². The lowest BCUT2D eigenvalue weighted by atomic mass is 10.3. The highest BCUT2D eigenvalue weighted by molar-refractivity contribution is 9.10. The van der Waals surface area contributed by atoms with E-state index in [0.29, 0.717) is 0 Å². The lowest BCUT2D eigenvalue weighted by Crippen LogP contribution is -2.25. The second kappa shape index (κ2) is 3.91. The zero-order valence-electron chi connectivity index (χ0n) is 7.80. The predicted octanol–water partition coefficient (Wildman–Crippen LogP) is 3.34. The topological polar surface area (TPSA) is 15.6 Å². The molecule has 1 aliphatic rings. The van der Waals surface area contributed by atoms with Crippen LogP contribution in [0.25, 0.3) is 0 Å². The van der Waals surface area contributed by atoms with Crippen molar-refractivity contribution in [3.05, 3.63) is 27.7 Å². The van der Waals surface area contributed by atoms with Crippen molar-refractivity contribution < 1.29 is 0 Å². The van der Waals surface area contributed by atoms with Crippen LogP contribution in [0.5, 0.6) is 0 Å². The van der Waals surface area contributed by atoms with E-state index in [0.717, 1.165) is 34.1 Å². The van der Waals surface area contributed by atoms with Crippen LogP contribution in [0, 0.1) is 0 Å². The Morgan fingerprint density at radius 3 is 2.86 bits per heavy atom. The molecule has 2 nitrogen and oxygen atoms in total. The Morgan fingerprint density at radius 1 is 1.50 bits per heavy atom.